The average molecular weight is 1050 g/mol. The summed E-state index contributed by atoms with van der Waals surface area (Å²) in [7, 11) is -1.13. The second kappa shape index (κ2) is 20.5. The molecule has 0 aliphatic carbocycles. The Morgan fingerprint density at radius 3 is 2.35 bits per heavy atom. The van der Waals surface area contributed by atoms with Crippen LogP contribution in [0.2, 0.25) is 0 Å². The fourth-order valence-corrected chi connectivity index (χ4v) is 12.1. The maximum atomic E-state index is 13.6. The van der Waals surface area contributed by atoms with E-state index in [1.807, 2.05) is 38.1 Å². The Morgan fingerprint density at radius 1 is 0.887 bits per heavy atom. The van der Waals surface area contributed by atoms with Gasteiger partial charge in [-0.05, 0) is 129 Å². The maximum Gasteiger partial charge on any atom is 0.249 e. The van der Waals surface area contributed by atoms with E-state index in [9.17, 15) is 23.7 Å². The lowest BCUT2D eigenvalue weighted by molar-refractivity contribution is -0.136. The Kier molecular flexibility index (Phi) is 14.4. The van der Waals surface area contributed by atoms with E-state index in [0.717, 1.165) is 80.9 Å². The lowest BCUT2D eigenvalue weighted by Crippen LogP contribution is -2.55. The van der Waals surface area contributed by atoms with Gasteiger partial charge in [-0.1, -0.05) is 6.92 Å². The van der Waals surface area contributed by atoms with Crippen molar-refractivity contribution in [1.82, 2.24) is 35.9 Å². The normalized spacial score (nSPS) is 18.7. The summed E-state index contributed by atoms with van der Waals surface area (Å²) in [6.45, 7) is 13.8. The predicted molar refractivity (Wildman–Crippen MR) is 282 cm³/mol. The molecule has 3 aromatic carbocycles. The van der Waals surface area contributed by atoms with E-state index in [-0.39, 0.29) is 30.1 Å². The molecule has 0 bridgehead atoms. The number of amides is 4. The molecular weight excluding hydrogens is 988 g/mol. The molecule has 2 aromatic heterocycles. The van der Waals surface area contributed by atoms with Crippen LogP contribution in [0.25, 0.3) is 11.0 Å². The van der Waals surface area contributed by atoms with Crippen LogP contribution in [0.4, 0.5) is 40.2 Å². The van der Waals surface area contributed by atoms with Crippen LogP contribution in [-0.2, 0) is 35.6 Å². The van der Waals surface area contributed by atoms with Crippen molar-refractivity contribution < 1.29 is 28.5 Å². The number of anilines is 7. The van der Waals surface area contributed by atoms with Gasteiger partial charge in [0, 0.05) is 99.4 Å². The largest absolute Gasteiger partial charge is 0.494 e. The number of aryl methyl sites for hydroxylation is 1. The van der Waals surface area contributed by atoms with E-state index in [1.165, 1.54) is 5.56 Å². The highest BCUT2D eigenvalue weighted by atomic mass is 79.9. The van der Waals surface area contributed by atoms with Gasteiger partial charge in [-0.3, -0.25) is 39.4 Å². The number of imide groups is 1. The number of rotatable bonds is 15. The van der Waals surface area contributed by atoms with Crippen LogP contribution < -0.4 is 51.3 Å². The molecule has 5 aromatic rings. The summed E-state index contributed by atoms with van der Waals surface area (Å²) < 4.78 is 20.1. The second-order valence-corrected chi connectivity index (χ2v) is 23.7. The summed E-state index contributed by atoms with van der Waals surface area (Å²) in [5.41, 5.74) is 6.68. The zero-order valence-corrected chi connectivity index (χ0v) is 43.6. The first-order valence-electron chi connectivity index (χ1n) is 24.4. The van der Waals surface area contributed by atoms with Gasteiger partial charge in [0.15, 0.2) is 0 Å². The summed E-state index contributed by atoms with van der Waals surface area (Å²) in [5, 5.41) is 16.6. The number of aromatic nitrogens is 4. The molecular formula is C51H62BrN12O6P. The Morgan fingerprint density at radius 2 is 1.63 bits per heavy atom. The van der Waals surface area contributed by atoms with Crippen LogP contribution in [0.5, 0.6) is 5.75 Å². The lowest BCUT2D eigenvalue weighted by Gasteiger charge is -2.36. The number of fused-ring (bicyclic) bond motifs is 2. The first-order chi connectivity index (χ1) is 34.0. The Labute approximate surface area is 422 Å². The third kappa shape index (κ3) is 10.3. The molecule has 6 heterocycles. The summed E-state index contributed by atoms with van der Waals surface area (Å²) in [4.78, 5) is 76.0. The van der Waals surface area contributed by atoms with Crippen molar-refractivity contribution in [3.05, 3.63) is 76.7 Å². The fourth-order valence-electron chi connectivity index (χ4n) is 10.4. The molecule has 71 heavy (non-hydrogen) atoms. The summed E-state index contributed by atoms with van der Waals surface area (Å²) >= 11 is 3.59. The Balaban J connectivity index is 0.748. The molecule has 1 atom stereocenters. The van der Waals surface area contributed by atoms with E-state index in [1.54, 1.807) is 43.9 Å². The topological polar surface area (TPSA) is 216 Å². The smallest absolute Gasteiger partial charge is 0.249 e. The number of hydrogen-bond donors (Lipinski definition) is 5. The first kappa shape index (κ1) is 49.8. The molecule has 4 aliphatic rings. The quantitative estimate of drug-likeness (QED) is 0.0429. The highest BCUT2D eigenvalue weighted by Gasteiger charge is 2.49. The highest BCUT2D eigenvalue weighted by Crippen LogP contribution is 2.46. The standard InChI is InChI=1S/C51H62BrN12O6P/c1-7-30-26-38(59-50-57-29-35(52)46(61-50)58-37-10-9-36-44(55-20-19-54-36)45(37)71(5,6)69)42(70-4)28-41(30)63-24-16-32(17-25-63)53-18-21-56-47(66)31-14-22-62(23-15-31)33-8-11-39-34(27-33)51(2,3)49(68)64(39)40-12-13-43(65)60-48(40)67/h8-11,19-20,26-29,31-32,40,53H,7,12-18,21-25H2,1-6H3,(H,56,66)(H,60,65,67)(H2,57,58,59,61). The van der Waals surface area contributed by atoms with Crippen LogP contribution in [-0.4, -0.2) is 115 Å². The number of carbonyl (C=O) groups excluding carboxylic acids is 4. The van der Waals surface area contributed by atoms with Gasteiger partial charge in [-0.2, -0.15) is 4.98 Å². The molecule has 4 amide bonds. The van der Waals surface area contributed by atoms with Crippen LogP contribution in [0.1, 0.15) is 70.4 Å². The van der Waals surface area contributed by atoms with E-state index in [4.69, 9.17) is 9.72 Å². The van der Waals surface area contributed by atoms with Crippen molar-refractivity contribution in [1.29, 1.82) is 0 Å². The van der Waals surface area contributed by atoms with Crippen LogP contribution in [0.15, 0.2) is 65.5 Å². The monoisotopic (exact) mass is 1050 g/mol. The Hall–Kier alpha value is -6.17. The third-order valence-corrected chi connectivity index (χ3v) is 16.4. The van der Waals surface area contributed by atoms with Gasteiger partial charge in [0.25, 0.3) is 0 Å². The summed E-state index contributed by atoms with van der Waals surface area (Å²) in [5.74, 6) is 0.638. The minimum atomic E-state index is -2.79. The molecule has 0 radical (unpaired) electrons. The number of piperidine rings is 3. The third-order valence-electron chi connectivity index (χ3n) is 14.3. The molecule has 3 saturated heterocycles. The van der Waals surface area contributed by atoms with E-state index in [2.05, 4.69) is 92.4 Å². The molecule has 5 N–H and O–H groups in total. The van der Waals surface area contributed by atoms with Gasteiger partial charge in [0.1, 0.15) is 30.3 Å². The molecule has 9 rings (SSSR count). The zero-order chi connectivity index (χ0) is 50.2. The van der Waals surface area contributed by atoms with Crippen LogP contribution >= 0.6 is 23.1 Å². The van der Waals surface area contributed by atoms with Gasteiger partial charge in [-0.15, -0.1) is 0 Å². The maximum absolute atomic E-state index is 13.6. The fraction of sp³-hybridized carbons (Fsp3) is 0.451. The van der Waals surface area contributed by atoms with Gasteiger partial charge in [0.05, 0.1) is 39.2 Å². The predicted octanol–water partition coefficient (Wildman–Crippen LogP) is 6.51. The number of nitrogens with one attached hydrogen (secondary N) is 5. The molecule has 374 valence electrons. The molecule has 3 fully saturated rings. The minimum absolute atomic E-state index is 0.0713. The Bertz CT molecular complexity index is 2930. The second-order valence-electron chi connectivity index (χ2n) is 19.6. The lowest BCUT2D eigenvalue weighted by atomic mass is 9.85. The number of methoxy groups -OCH3 is 1. The minimum Gasteiger partial charge on any atom is -0.494 e. The summed E-state index contributed by atoms with van der Waals surface area (Å²) in [6.07, 6.45) is 9.57. The van der Waals surface area contributed by atoms with E-state index in [0.29, 0.717) is 75.3 Å². The number of nitrogens with zero attached hydrogens (tertiary/aromatic N) is 7. The van der Waals surface area contributed by atoms with Crippen molar-refractivity contribution in [2.75, 3.05) is 85.0 Å². The molecule has 1 unspecified atom stereocenters. The zero-order valence-electron chi connectivity index (χ0n) is 41.1. The van der Waals surface area contributed by atoms with Crippen LogP contribution in [0, 0.1) is 5.92 Å². The van der Waals surface area contributed by atoms with Crippen LogP contribution in [0.3, 0.4) is 0 Å². The SMILES string of the molecule is CCc1cc(Nc2ncc(Br)c(Nc3ccc4nccnc4c3P(C)(C)=O)n2)c(OC)cc1N1CCC(NCCNC(=O)C2CCN(c3ccc4c(c3)C(C)(C)C(=O)N4C3CCC(=O)NC3=O)CC2)CC1. The van der Waals surface area contributed by atoms with Gasteiger partial charge in [0.2, 0.25) is 29.6 Å². The molecule has 18 nitrogen and oxygen atoms in total. The van der Waals surface area contributed by atoms with E-state index < -0.39 is 24.5 Å². The van der Waals surface area contributed by atoms with Gasteiger partial charge in [-0.25, -0.2) is 4.98 Å². The average Bonchev–Trinajstić information content (AvgIpc) is 3.56. The van der Waals surface area contributed by atoms with Crippen molar-refractivity contribution in [2.45, 2.75) is 83.2 Å². The van der Waals surface area contributed by atoms with E-state index >= 15 is 0 Å². The number of hydrogen-bond acceptors (Lipinski definition) is 15. The number of carbonyl (C=O) groups is 4. The number of benzene rings is 3. The van der Waals surface area contributed by atoms with Crippen molar-refractivity contribution in [2.24, 2.45) is 5.92 Å². The number of ether oxygens (including phenoxy) is 1. The first-order valence-corrected chi connectivity index (χ1v) is 27.8. The van der Waals surface area contributed by atoms with Crippen molar-refractivity contribution in [3.8, 4) is 5.75 Å². The molecule has 0 saturated carbocycles. The van der Waals surface area contributed by atoms with Crippen molar-refractivity contribution >= 4 is 103 Å². The molecule has 4 aliphatic heterocycles. The van der Waals surface area contributed by atoms with Gasteiger partial charge >= 0.3 is 0 Å². The number of halogens is 1. The molecule has 0 spiro atoms. The summed E-state index contributed by atoms with van der Waals surface area (Å²) in [6, 6.07) is 13.5. The highest BCUT2D eigenvalue weighted by molar-refractivity contribution is 9.10. The van der Waals surface area contributed by atoms with Gasteiger partial charge < -0.3 is 40.4 Å². The molecule has 20 heteroatoms. The van der Waals surface area contributed by atoms with Crippen molar-refractivity contribution in [3.63, 3.8) is 0 Å².